The highest BCUT2D eigenvalue weighted by Gasteiger charge is 2.35. The molecule has 1 aromatic heterocycles. The lowest BCUT2D eigenvalue weighted by atomic mass is 10.1. The number of aromatic nitrogens is 1. The van der Waals surface area contributed by atoms with E-state index in [1.807, 2.05) is 100 Å². The second kappa shape index (κ2) is 11.2. The molecule has 1 aliphatic heterocycles. The van der Waals surface area contributed by atoms with Gasteiger partial charge in [0.15, 0.2) is 5.11 Å². The quantitative estimate of drug-likeness (QED) is 0.146. The molecule has 202 valence electrons. The van der Waals surface area contributed by atoms with Crippen molar-refractivity contribution in [3.05, 3.63) is 116 Å². The fourth-order valence-electron chi connectivity index (χ4n) is 4.68. The lowest BCUT2D eigenvalue weighted by molar-refractivity contribution is -0.122. The second-order valence-electron chi connectivity index (χ2n) is 9.80. The molecule has 0 radical (unpaired) electrons. The van der Waals surface area contributed by atoms with Crippen molar-refractivity contribution in [3.8, 4) is 11.4 Å². The van der Waals surface area contributed by atoms with Crippen molar-refractivity contribution in [2.24, 2.45) is 0 Å². The van der Waals surface area contributed by atoms with Crippen LogP contribution >= 0.6 is 28.1 Å². The van der Waals surface area contributed by atoms with Gasteiger partial charge in [-0.25, -0.2) is 0 Å². The Balaban J connectivity index is 1.40. The molecule has 2 heterocycles. The van der Waals surface area contributed by atoms with Gasteiger partial charge < -0.3 is 9.30 Å². The Morgan fingerprint density at radius 3 is 2.23 bits per heavy atom. The Hall–Kier alpha value is -4.01. The van der Waals surface area contributed by atoms with Gasteiger partial charge in [-0.05, 0) is 123 Å². The van der Waals surface area contributed by atoms with E-state index < -0.39 is 11.8 Å². The van der Waals surface area contributed by atoms with E-state index in [0.29, 0.717) is 12.3 Å². The van der Waals surface area contributed by atoms with Crippen molar-refractivity contribution in [1.82, 2.24) is 9.88 Å². The molecule has 1 aliphatic rings. The normalized spacial score (nSPS) is 14.6. The minimum atomic E-state index is -0.507. The first kappa shape index (κ1) is 27.6. The van der Waals surface area contributed by atoms with Crippen LogP contribution < -0.4 is 15.0 Å². The maximum Gasteiger partial charge on any atom is 0.270 e. The molecule has 0 bridgehead atoms. The topological polar surface area (TPSA) is 63.6 Å². The van der Waals surface area contributed by atoms with E-state index >= 15 is 0 Å². The monoisotopic (exact) mass is 613 g/mol. The lowest BCUT2D eigenvalue weighted by Crippen LogP contribution is -2.54. The number of carbonyl (C=O) groups is 2. The van der Waals surface area contributed by atoms with Gasteiger partial charge >= 0.3 is 0 Å². The Kier molecular flexibility index (Phi) is 7.74. The van der Waals surface area contributed by atoms with Gasteiger partial charge in [0, 0.05) is 21.5 Å². The zero-order valence-corrected chi connectivity index (χ0v) is 25.0. The lowest BCUT2D eigenvalue weighted by Gasteiger charge is -2.29. The summed E-state index contributed by atoms with van der Waals surface area (Å²) in [5.41, 5.74) is 7.48. The number of nitrogens with zero attached hydrogens (tertiary/aromatic N) is 2. The van der Waals surface area contributed by atoms with Crippen LogP contribution in [0.25, 0.3) is 11.8 Å². The molecule has 0 aliphatic carbocycles. The van der Waals surface area contributed by atoms with Gasteiger partial charge in [-0.1, -0.05) is 34.1 Å². The Labute approximate surface area is 247 Å². The summed E-state index contributed by atoms with van der Waals surface area (Å²) in [4.78, 5) is 27.8. The van der Waals surface area contributed by atoms with Crippen molar-refractivity contribution < 1.29 is 14.3 Å². The molecule has 0 saturated carbocycles. The molecule has 0 atom stereocenters. The highest BCUT2D eigenvalue weighted by Crippen LogP contribution is 2.28. The van der Waals surface area contributed by atoms with Gasteiger partial charge in [-0.3, -0.25) is 19.8 Å². The Bertz CT molecular complexity index is 1670. The molecule has 1 N–H and O–H groups in total. The van der Waals surface area contributed by atoms with Crippen molar-refractivity contribution >= 4 is 56.8 Å². The molecule has 8 heteroatoms. The van der Waals surface area contributed by atoms with Crippen LogP contribution in [0.3, 0.4) is 0 Å². The maximum absolute atomic E-state index is 13.5. The highest BCUT2D eigenvalue weighted by molar-refractivity contribution is 9.10. The summed E-state index contributed by atoms with van der Waals surface area (Å²) >= 11 is 8.81. The smallest absolute Gasteiger partial charge is 0.270 e. The number of thiocarbonyl (C=S) groups is 1. The molecule has 40 heavy (non-hydrogen) atoms. The predicted molar refractivity (Wildman–Crippen MR) is 166 cm³/mol. The number of halogens is 1. The van der Waals surface area contributed by atoms with E-state index in [1.54, 1.807) is 6.08 Å². The molecule has 6 nitrogen and oxygen atoms in total. The Morgan fingerprint density at radius 2 is 1.55 bits per heavy atom. The first-order valence-corrected chi connectivity index (χ1v) is 14.0. The van der Waals surface area contributed by atoms with Gasteiger partial charge in [0.25, 0.3) is 11.8 Å². The summed E-state index contributed by atoms with van der Waals surface area (Å²) in [6.07, 6.45) is 1.64. The average Bonchev–Trinajstić information content (AvgIpc) is 3.20. The van der Waals surface area contributed by atoms with Crippen LogP contribution in [0.1, 0.15) is 33.6 Å². The molecular weight excluding hydrogens is 586 g/mol. The minimum Gasteiger partial charge on any atom is -0.489 e. The molecule has 0 unspecified atom stereocenters. The highest BCUT2D eigenvalue weighted by atomic mass is 79.9. The third kappa shape index (κ3) is 5.50. The van der Waals surface area contributed by atoms with E-state index in [-0.39, 0.29) is 10.7 Å². The van der Waals surface area contributed by atoms with E-state index in [0.717, 1.165) is 49.6 Å². The zero-order chi connectivity index (χ0) is 28.6. The third-order valence-corrected chi connectivity index (χ3v) is 7.85. The number of rotatable bonds is 6. The molecule has 4 aromatic rings. The molecule has 5 rings (SSSR count). The number of benzene rings is 3. The number of hydrogen-bond acceptors (Lipinski definition) is 4. The van der Waals surface area contributed by atoms with Gasteiger partial charge in [-0.15, -0.1) is 0 Å². The third-order valence-electron chi connectivity index (χ3n) is 7.03. The molecule has 2 amide bonds. The van der Waals surface area contributed by atoms with Crippen molar-refractivity contribution in [2.75, 3.05) is 4.90 Å². The minimum absolute atomic E-state index is 0.0313. The standard InChI is InChI=1S/C32H28BrN3O3S/c1-19-5-10-27(15-20(19)2)36-31(38)29(30(37)34-32(36)40)17-24-16-21(3)35(22(24)4)26-11-13-28(14-12-26)39-18-23-6-8-25(33)9-7-23/h5-17H,18H2,1-4H3,(H,34,37,40)/b29-17+. The number of hydrogen-bond donors (Lipinski definition) is 1. The number of nitrogens with one attached hydrogen (secondary N) is 1. The maximum atomic E-state index is 13.5. The van der Waals surface area contributed by atoms with Crippen LogP contribution in [0.4, 0.5) is 5.69 Å². The largest absolute Gasteiger partial charge is 0.489 e. The summed E-state index contributed by atoms with van der Waals surface area (Å²) in [6.45, 7) is 8.41. The fraction of sp³-hybridized carbons (Fsp3) is 0.156. The summed E-state index contributed by atoms with van der Waals surface area (Å²) < 4.78 is 9.07. The van der Waals surface area contributed by atoms with Gasteiger partial charge in [0.05, 0.1) is 5.69 Å². The van der Waals surface area contributed by atoms with Crippen LogP contribution in [-0.2, 0) is 16.2 Å². The van der Waals surface area contributed by atoms with Crippen molar-refractivity contribution in [1.29, 1.82) is 0 Å². The van der Waals surface area contributed by atoms with Gasteiger partial charge in [0.1, 0.15) is 17.9 Å². The number of anilines is 1. The number of ether oxygens (including phenoxy) is 1. The van der Waals surface area contributed by atoms with E-state index in [1.165, 1.54) is 4.90 Å². The van der Waals surface area contributed by atoms with Crippen LogP contribution in [-0.4, -0.2) is 21.5 Å². The molecule has 1 fully saturated rings. The average molecular weight is 615 g/mol. The summed E-state index contributed by atoms with van der Waals surface area (Å²) in [5.74, 6) is -0.190. The first-order valence-electron chi connectivity index (χ1n) is 12.8. The van der Waals surface area contributed by atoms with Crippen LogP contribution in [0.5, 0.6) is 5.75 Å². The van der Waals surface area contributed by atoms with E-state index in [9.17, 15) is 9.59 Å². The van der Waals surface area contributed by atoms with Gasteiger partial charge in [0.2, 0.25) is 0 Å². The predicted octanol–water partition coefficient (Wildman–Crippen LogP) is 6.88. The number of aryl methyl sites for hydroxylation is 3. The summed E-state index contributed by atoms with van der Waals surface area (Å²) in [6, 6.07) is 23.5. The number of carbonyl (C=O) groups excluding carboxylic acids is 2. The summed E-state index contributed by atoms with van der Waals surface area (Å²) in [7, 11) is 0. The van der Waals surface area contributed by atoms with Crippen molar-refractivity contribution in [3.63, 3.8) is 0 Å². The molecular formula is C32H28BrN3O3S. The zero-order valence-electron chi connectivity index (χ0n) is 22.6. The van der Waals surface area contributed by atoms with Crippen LogP contribution in [0.15, 0.2) is 82.8 Å². The van der Waals surface area contributed by atoms with Gasteiger partial charge in [-0.2, -0.15) is 0 Å². The van der Waals surface area contributed by atoms with E-state index in [2.05, 4.69) is 25.8 Å². The first-order chi connectivity index (χ1) is 19.1. The second-order valence-corrected chi connectivity index (χ2v) is 11.1. The van der Waals surface area contributed by atoms with Crippen molar-refractivity contribution in [2.45, 2.75) is 34.3 Å². The van der Waals surface area contributed by atoms with Crippen LogP contribution in [0, 0.1) is 27.7 Å². The molecule has 0 spiro atoms. The SMILES string of the molecule is Cc1ccc(N2C(=O)/C(=C/c3cc(C)n(-c4ccc(OCc5ccc(Br)cc5)cc4)c3C)C(=O)NC2=S)cc1C. The Morgan fingerprint density at radius 1 is 0.875 bits per heavy atom. The molecule has 3 aromatic carbocycles. The molecule has 1 saturated heterocycles. The fourth-order valence-corrected chi connectivity index (χ4v) is 5.23. The number of amides is 2. The summed E-state index contributed by atoms with van der Waals surface area (Å²) in [5, 5.41) is 2.75. The van der Waals surface area contributed by atoms with Crippen LogP contribution in [0.2, 0.25) is 0 Å². The van der Waals surface area contributed by atoms with E-state index in [4.69, 9.17) is 17.0 Å².